The molecular formula is C18H15FN8O. The van der Waals surface area contributed by atoms with Gasteiger partial charge >= 0.3 is 0 Å². The van der Waals surface area contributed by atoms with E-state index in [1.165, 1.54) is 23.9 Å². The lowest BCUT2D eigenvalue weighted by atomic mass is 10.1. The van der Waals surface area contributed by atoms with Crippen LogP contribution in [-0.4, -0.2) is 41.6 Å². The van der Waals surface area contributed by atoms with Crippen LogP contribution in [0, 0.1) is 5.82 Å². The van der Waals surface area contributed by atoms with E-state index in [0.29, 0.717) is 33.8 Å². The minimum absolute atomic E-state index is 0.132. The normalized spacial score (nSPS) is 11.9. The van der Waals surface area contributed by atoms with Crippen LogP contribution in [-0.2, 0) is 11.3 Å². The van der Waals surface area contributed by atoms with Gasteiger partial charge in [0, 0.05) is 30.1 Å². The molecule has 1 N–H and O–H groups in total. The standard InChI is InChI=1S/C18H15FN8O/c1-10(23-24-11(2)28)16-8-21-17-18(22-16)27(26-25-17)9-13-6-12-4-3-5-20-15(12)7-14(13)19/h3-8H,9H2,1-2H3,(H,24,28)/b23-10-. The summed E-state index contributed by atoms with van der Waals surface area (Å²) in [6.07, 6.45) is 3.11. The fraction of sp³-hybridized carbons (Fsp3) is 0.167. The molecule has 1 aromatic carbocycles. The quantitative estimate of drug-likeness (QED) is 0.428. The van der Waals surface area contributed by atoms with Crippen molar-refractivity contribution in [2.45, 2.75) is 20.4 Å². The molecule has 0 saturated heterocycles. The van der Waals surface area contributed by atoms with E-state index in [1.807, 2.05) is 6.07 Å². The number of carbonyl (C=O) groups excluding carboxylic acids is 1. The lowest BCUT2D eigenvalue weighted by Crippen LogP contribution is -2.16. The molecule has 140 valence electrons. The first-order chi connectivity index (χ1) is 13.5. The number of fused-ring (bicyclic) bond motifs is 2. The Morgan fingerprint density at radius 3 is 2.96 bits per heavy atom. The molecule has 0 aliphatic carbocycles. The van der Waals surface area contributed by atoms with E-state index in [-0.39, 0.29) is 18.3 Å². The van der Waals surface area contributed by atoms with Gasteiger partial charge in [-0.05, 0) is 19.1 Å². The van der Waals surface area contributed by atoms with Gasteiger partial charge in [-0.15, -0.1) is 5.10 Å². The molecule has 4 aromatic rings. The number of carbonyl (C=O) groups is 1. The van der Waals surface area contributed by atoms with Crippen molar-refractivity contribution in [3.05, 3.63) is 53.7 Å². The SMILES string of the molecule is CC(=O)N/N=C(/C)c1cnc2nnn(Cc3cc4cccnc4cc3F)c2n1. The Labute approximate surface area is 158 Å². The van der Waals surface area contributed by atoms with Crippen molar-refractivity contribution in [2.75, 3.05) is 0 Å². The molecule has 0 aliphatic rings. The number of hydrogen-bond acceptors (Lipinski definition) is 7. The number of benzene rings is 1. The molecule has 0 unspecified atom stereocenters. The molecule has 0 bridgehead atoms. The fourth-order valence-electron chi connectivity index (χ4n) is 2.68. The summed E-state index contributed by atoms with van der Waals surface area (Å²) < 4.78 is 16.0. The van der Waals surface area contributed by atoms with Crippen LogP contribution >= 0.6 is 0 Å². The van der Waals surface area contributed by atoms with Crippen LogP contribution in [0.3, 0.4) is 0 Å². The van der Waals surface area contributed by atoms with Gasteiger partial charge in [0.1, 0.15) is 11.5 Å². The summed E-state index contributed by atoms with van der Waals surface area (Å²) in [4.78, 5) is 23.8. The summed E-state index contributed by atoms with van der Waals surface area (Å²) in [7, 11) is 0. The van der Waals surface area contributed by atoms with Gasteiger partial charge < -0.3 is 0 Å². The lowest BCUT2D eigenvalue weighted by molar-refractivity contribution is -0.118. The van der Waals surface area contributed by atoms with E-state index in [2.05, 4.69) is 35.8 Å². The number of nitrogens with one attached hydrogen (secondary N) is 1. The van der Waals surface area contributed by atoms with Gasteiger partial charge in [-0.3, -0.25) is 9.78 Å². The third-order valence-electron chi connectivity index (χ3n) is 4.07. The predicted octanol–water partition coefficient (Wildman–Crippen LogP) is 1.82. The van der Waals surface area contributed by atoms with E-state index in [0.717, 1.165) is 5.39 Å². The van der Waals surface area contributed by atoms with E-state index < -0.39 is 0 Å². The molecule has 3 aromatic heterocycles. The van der Waals surface area contributed by atoms with Crippen molar-refractivity contribution in [1.82, 2.24) is 35.4 Å². The number of hydrazone groups is 1. The van der Waals surface area contributed by atoms with Crippen LogP contribution in [0.4, 0.5) is 4.39 Å². The topological polar surface area (TPSA) is 111 Å². The van der Waals surface area contributed by atoms with E-state index in [9.17, 15) is 9.18 Å². The molecule has 1 amide bonds. The predicted molar refractivity (Wildman–Crippen MR) is 99.9 cm³/mol. The highest BCUT2D eigenvalue weighted by molar-refractivity contribution is 5.98. The first-order valence-corrected chi connectivity index (χ1v) is 8.42. The van der Waals surface area contributed by atoms with Gasteiger partial charge in [-0.1, -0.05) is 11.3 Å². The van der Waals surface area contributed by atoms with Crippen molar-refractivity contribution in [3.8, 4) is 0 Å². The van der Waals surface area contributed by atoms with Gasteiger partial charge in [0.2, 0.25) is 11.6 Å². The molecule has 9 nitrogen and oxygen atoms in total. The van der Waals surface area contributed by atoms with Crippen molar-refractivity contribution in [3.63, 3.8) is 0 Å². The summed E-state index contributed by atoms with van der Waals surface area (Å²) in [5, 5.41) is 12.8. The zero-order valence-corrected chi connectivity index (χ0v) is 15.1. The number of pyridine rings is 1. The summed E-state index contributed by atoms with van der Waals surface area (Å²) in [6.45, 7) is 3.18. The smallest absolute Gasteiger partial charge is 0.236 e. The molecule has 0 fully saturated rings. The summed E-state index contributed by atoms with van der Waals surface area (Å²) in [6, 6.07) is 6.78. The zero-order chi connectivity index (χ0) is 19.7. The average molecular weight is 378 g/mol. The molecular weight excluding hydrogens is 363 g/mol. The highest BCUT2D eigenvalue weighted by Crippen LogP contribution is 2.19. The van der Waals surface area contributed by atoms with Gasteiger partial charge in [0.25, 0.3) is 0 Å². The maximum Gasteiger partial charge on any atom is 0.236 e. The number of rotatable bonds is 4. The molecule has 0 spiro atoms. The summed E-state index contributed by atoms with van der Waals surface area (Å²) >= 11 is 0. The number of halogens is 1. The van der Waals surface area contributed by atoms with Gasteiger partial charge in [0.05, 0.1) is 24.0 Å². The second-order valence-corrected chi connectivity index (χ2v) is 6.15. The zero-order valence-electron chi connectivity index (χ0n) is 15.1. The van der Waals surface area contributed by atoms with Crippen LogP contribution in [0.15, 0.2) is 41.8 Å². The van der Waals surface area contributed by atoms with Crippen LogP contribution < -0.4 is 5.43 Å². The second kappa shape index (κ2) is 7.06. The second-order valence-electron chi connectivity index (χ2n) is 6.15. The Morgan fingerprint density at radius 2 is 2.14 bits per heavy atom. The summed E-state index contributed by atoms with van der Waals surface area (Å²) in [5.41, 5.74) is 5.01. The highest BCUT2D eigenvalue weighted by Gasteiger charge is 2.13. The first-order valence-electron chi connectivity index (χ1n) is 8.42. The minimum Gasteiger partial charge on any atom is -0.274 e. The minimum atomic E-state index is -0.387. The van der Waals surface area contributed by atoms with Crippen molar-refractivity contribution >= 4 is 33.8 Å². The van der Waals surface area contributed by atoms with Gasteiger partial charge in [-0.25, -0.2) is 24.5 Å². The monoisotopic (exact) mass is 378 g/mol. The lowest BCUT2D eigenvalue weighted by Gasteiger charge is -2.06. The molecule has 0 saturated carbocycles. The third-order valence-corrected chi connectivity index (χ3v) is 4.07. The van der Waals surface area contributed by atoms with Crippen LogP contribution in [0.1, 0.15) is 25.1 Å². The molecule has 0 aliphatic heterocycles. The number of amides is 1. The largest absolute Gasteiger partial charge is 0.274 e. The van der Waals surface area contributed by atoms with Crippen LogP contribution in [0.25, 0.3) is 22.2 Å². The Kier molecular flexibility index (Phi) is 4.44. The van der Waals surface area contributed by atoms with Crippen LogP contribution in [0.5, 0.6) is 0 Å². The Hall–Kier alpha value is -3.82. The number of hydrogen-bond donors (Lipinski definition) is 1. The molecule has 3 heterocycles. The van der Waals surface area contributed by atoms with Crippen molar-refractivity contribution < 1.29 is 9.18 Å². The Morgan fingerprint density at radius 1 is 1.29 bits per heavy atom. The Balaban J connectivity index is 1.71. The number of aromatic nitrogens is 6. The van der Waals surface area contributed by atoms with Crippen LogP contribution in [0.2, 0.25) is 0 Å². The Bertz CT molecular complexity index is 1230. The molecule has 28 heavy (non-hydrogen) atoms. The number of nitrogens with zero attached hydrogens (tertiary/aromatic N) is 7. The molecule has 10 heteroatoms. The van der Waals surface area contributed by atoms with Crippen molar-refractivity contribution in [1.29, 1.82) is 0 Å². The van der Waals surface area contributed by atoms with Gasteiger partial charge in [0.15, 0.2) is 5.65 Å². The van der Waals surface area contributed by atoms with E-state index in [1.54, 1.807) is 25.3 Å². The first kappa shape index (κ1) is 17.6. The third kappa shape index (κ3) is 3.39. The molecule has 4 rings (SSSR count). The summed E-state index contributed by atoms with van der Waals surface area (Å²) in [5.74, 6) is -0.677. The maximum absolute atomic E-state index is 14.5. The van der Waals surface area contributed by atoms with E-state index in [4.69, 9.17) is 0 Å². The molecule has 0 atom stereocenters. The fourth-order valence-corrected chi connectivity index (χ4v) is 2.68. The van der Waals surface area contributed by atoms with Crippen molar-refractivity contribution in [2.24, 2.45) is 5.10 Å². The average Bonchev–Trinajstić information content (AvgIpc) is 3.08. The maximum atomic E-state index is 14.5. The van der Waals surface area contributed by atoms with E-state index >= 15 is 0 Å². The van der Waals surface area contributed by atoms with Gasteiger partial charge in [-0.2, -0.15) is 5.10 Å². The molecule has 0 radical (unpaired) electrons. The highest BCUT2D eigenvalue weighted by atomic mass is 19.1.